The van der Waals surface area contributed by atoms with Crippen molar-refractivity contribution in [1.82, 2.24) is 4.90 Å². The molecule has 2 aliphatic heterocycles. The van der Waals surface area contributed by atoms with Gasteiger partial charge in [-0.05, 0) is 19.4 Å². The van der Waals surface area contributed by atoms with E-state index in [1.165, 1.54) is 0 Å². The topological polar surface area (TPSA) is 50.9 Å². The maximum absolute atomic E-state index is 13.3. The van der Waals surface area contributed by atoms with Crippen molar-refractivity contribution < 1.29 is 9.13 Å². The van der Waals surface area contributed by atoms with Crippen LogP contribution in [-0.4, -0.2) is 49.4 Å². The van der Waals surface area contributed by atoms with Gasteiger partial charge in [0.25, 0.3) is 6.02 Å². The zero-order valence-corrected chi connectivity index (χ0v) is 9.08. The predicted octanol–water partition coefficient (Wildman–Crippen LogP) is 0.524. The van der Waals surface area contributed by atoms with Gasteiger partial charge in [-0.3, -0.25) is 4.90 Å². The predicted molar refractivity (Wildman–Crippen MR) is 56.5 cm³/mol. The average molecular weight is 215 g/mol. The van der Waals surface area contributed by atoms with Crippen molar-refractivity contribution in [2.75, 3.05) is 26.7 Å². The third kappa shape index (κ3) is 1.93. The molecule has 4 nitrogen and oxygen atoms in total. The molecule has 2 fully saturated rings. The van der Waals surface area contributed by atoms with Gasteiger partial charge in [-0.2, -0.15) is 0 Å². The molecule has 2 rings (SSSR count). The molecule has 0 aliphatic carbocycles. The second kappa shape index (κ2) is 3.96. The summed E-state index contributed by atoms with van der Waals surface area (Å²) in [4.78, 5) is 5.93. The third-order valence-electron chi connectivity index (χ3n) is 3.47. The van der Waals surface area contributed by atoms with Gasteiger partial charge in [0.15, 0.2) is 0 Å². The fourth-order valence-corrected chi connectivity index (χ4v) is 2.72. The van der Waals surface area contributed by atoms with Gasteiger partial charge in [0.2, 0.25) is 0 Å². The number of nitrogens with two attached hydrogens (primary N) is 1. The Labute approximate surface area is 89.3 Å². The van der Waals surface area contributed by atoms with Crippen LogP contribution in [0.5, 0.6) is 0 Å². The molecule has 2 atom stereocenters. The molecular formula is C10H18FN3O. The van der Waals surface area contributed by atoms with Crippen molar-refractivity contribution in [2.45, 2.75) is 31.0 Å². The molecule has 0 aromatic heterocycles. The lowest BCUT2D eigenvalue weighted by Crippen LogP contribution is -2.43. The van der Waals surface area contributed by atoms with E-state index in [2.05, 4.69) is 9.89 Å². The third-order valence-corrected chi connectivity index (χ3v) is 3.47. The molecule has 0 unspecified atom stereocenters. The van der Waals surface area contributed by atoms with Crippen LogP contribution in [0.25, 0.3) is 0 Å². The van der Waals surface area contributed by atoms with E-state index in [4.69, 9.17) is 10.5 Å². The van der Waals surface area contributed by atoms with Crippen LogP contribution in [0.15, 0.2) is 4.99 Å². The fraction of sp³-hybridized carbons (Fsp3) is 0.900. The highest BCUT2D eigenvalue weighted by Crippen LogP contribution is 2.40. The molecule has 0 aromatic carbocycles. The maximum atomic E-state index is 13.3. The highest BCUT2D eigenvalue weighted by molar-refractivity contribution is 5.71. The molecule has 0 saturated carbocycles. The first-order valence-corrected chi connectivity index (χ1v) is 5.40. The van der Waals surface area contributed by atoms with Crippen molar-refractivity contribution in [3.8, 4) is 0 Å². The highest BCUT2D eigenvalue weighted by atomic mass is 19.1. The second-order valence-corrected chi connectivity index (χ2v) is 4.43. The lowest BCUT2D eigenvalue weighted by Gasteiger charge is -2.30. The van der Waals surface area contributed by atoms with Gasteiger partial charge in [-0.15, -0.1) is 0 Å². The summed E-state index contributed by atoms with van der Waals surface area (Å²) in [5.74, 6) is 0. The van der Waals surface area contributed by atoms with Gasteiger partial charge in [0, 0.05) is 20.0 Å². The SMILES string of the molecule is CN=C(N)OC[C@@]12CCCN1C[C@H](F)C2. The van der Waals surface area contributed by atoms with Crippen LogP contribution >= 0.6 is 0 Å². The largest absolute Gasteiger partial charge is 0.463 e. The van der Waals surface area contributed by atoms with Crippen molar-refractivity contribution in [2.24, 2.45) is 10.7 Å². The zero-order chi connectivity index (χ0) is 10.9. The molecule has 15 heavy (non-hydrogen) atoms. The number of hydrogen-bond donors (Lipinski definition) is 1. The monoisotopic (exact) mass is 215 g/mol. The minimum atomic E-state index is -0.714. The summed E-state index contributed by atoms with van der Waals surface area (Å²) in [6.45, 7) is 2.00. The molecule has 2 heterocycles. The Hall–Kier alpha value is -0.840. The Morgan fingerprint density at radius 2 is 2.53 bits per heavy atom. The minimum Gasteiger partial charge on any atom is -0.463 e. The van der Waals surface area contributed by atoms with E-state index in [0.717, 1.165) is 19.4 Å². The van der Waals surface area contributed by atoms with E-state index in [1.807, 2.05) is 0 Å². The smallest absolute Gasteiger partial charge is 0.281 e. The zero-order valence-electron chi connectivity index (χ0n) is 9.08. The number of nitrogens with zero attached hydrogens (tertiary/aromatic N) is 2. The number of halogens is 1. The van der Waals surface area contributed by atoms with Gasteiger partial charge < -0.3 is 10.5 Å². The molecule has 0 amide bonds. The van der Waals surface area contributed by atoms with Crippen molar-refractivity contribution in [3.05, 3.63) is 0 Å². The normalized spacial score (nSPS) is 36.9. The summed E-state index contributed by atoms with van der Waals surface area (Å²) in [5.41, 5.74) is 5.36. The van der Waals surface area contributed by atoms with Crippen LogP contribution in [0.4, 0.5) is 4.39 Å². The van der Waals surface area contributed by atoms with Crippen LogP contribution < -0.4 is 5.73 Å². The Kier molecular flexibility index (Phi) is 2.82. The van der Waals surface area contributed by atoms with Crippen molar-refractivity contribution >= 4 is 6.02 Å². The minimum absolute atomic E-state index is 0.116. The lowest BCUT2D eigenvalue weighted by molar-refractivity contribution is 0.105. The van der Waals surface area contributed by atoms with E-state index in [-0.39, 0.29) is 11.6 Å². The van der Waals surface area contributed by atoms with Crippen molar-refractivity contribution in [3.63, 3.8) is 0 Å². The summed E-state index contributed by atoms with van der Waals surface area (Å²) in [6, 6.07) is 0.193. The van der Waals surface area contributed by atoms with Gasteiger partial charge in [0.1, 0.15) is 12.8 Å². The highest BCUT2D eigenvalue weighted by Gasteiger charge is 2.49. The van der Waals surface area contributed by atoms with E-state index >= 15 is 0 Å². The van der Waals surface area contributed by atoms with E-state index in [1.54, 1.807) is 7.05 Å². The lowest BCUT2D eigenvalue weighted by atomic mass is 9.95. The first-order valence-electron chi connectivity index (χ1n) is 5.40. The molecule has 0 radical (unpaired) electrons. The molecule has 5 heteroatoms. The van der Waals surface area contributed by atoms with Crippen LogP contribution in [0.1, 0.15) is 19.3 Å². The van der Waals surface area contributed by atoms with E-state index in [9.17, 15) is 4.39 Å². The maximum Gasteiger partial charge on any atom is 0.281 e. The fourth-order valence-electron chi connectivity index (χ4n) is 2.72. The number of hydrogen-bond acceptors (Lipinski definition) is 3. The number of amidine groups is 1. The number of alkyl halides is 1. The quantitative estimate of drug-likeness (QED) is 0.540. The second-order valence-electron chi connectivity index (χ2n) is 4.43. The van der Waals surface area contributed by atoms with Crippen LogP contribution in [-0.2, 0) is 4.74 Å². The first-order chi connectivity index (χ1) is 7.16. The summed E-state index contributed by atoms with van der Waals surface area (Å²) < 4.78 is 18.7. The molecule has 0 bridgehead atoms. The Balaban J connectivity index is 1.98. The summed E-state index contributed by atoms with van der Waals surface area (Å²) in [6.07, 6.45) is 1.99. The van der Waals surface area contributed by atoms with Crippen molar-refractivity contribution in [1.29, 1.82) is 0 Å². The van der Waals surface area contributed by atoms with Gasteiger partial charge in [-0.25, -0.2) is 9.38 Å². The van der Waals surface area contributed by atoms with Crippen LogP contribution in [0.2, 0.25) is 0 Å². The number of ether oxygens (including phenoxy) is 1. The summed E-state index contributed by atoms with van der Waals surface area (Å²) in [5, 5.41) is 0. The van der Waals surface area contributed by atoms with Crippen LogP contribution in [0.3, 0.4) is 0 Å². The molecule has 0 aromatic rings. The van der Waals surface area contributed by atoms with E-state index < -0.39 is 6.17 Å². The Morgan fingerprint density at radius 3 is 3.27 bits per heavy atom. The Bertz CT molecular complexity index is 271. The standard InChI is InChI=1S/C10H18FN3O/c1-13-9(12)15-7-10-3-2-4-14(10)6-8(11)5-10/h8H,2-7H2,1H3,(H2,12,13)/t8-,10+/m1/s1. The average Bonchev–Trinajstić information content (AvgIpc) is 2.70. The summed E-state index contributed by atoms with van der Waals surface area (Å²) >= 11 is 0. The molecule has 2 aliphatic rings. The number of fused-ring (bicyclic) bond motifs is 1. The first kappa shape index (κ1) is 10.7. The number of rotatable bonds is 2. The summed E-state index contributed by atoms with van der Waals surface area (Å²) in [7, 11) is 1.59. The molecular weight excluding hydrogens is 197 g/mol. The van der Waals surface area contributed by atoms with Gasteiger partial charge in [0.05, 0.1) is 5.54 Å². The van der Waals surface area contributed by atoms with Gasteiger partial charge >= 0.3 is 0 Å². The molecule has 86 valence electrons. The Morgan fingerprint density at radius 1 is 1.73 bits per heavy atom. The van der Waals surface area contributed by atoms with E-state index in [0.29, 0.717) is 19.6 Å². The van der Waals surface area contributed by atoms with Gasteiger partial charge in [-0.1, -0.05) is 0 Å². The molecule has 0 spiro atoms. The molecule has 2 N–H and O–H groups in total. The molecule has 2 saturated heterocycles. The van der Waals surface area contributed by atoms with Crippen LogP contribution in [0, 0.1) is 0 Å². The number of aliphatic imine (C=N–C) groups is 1.